The second-order valence-corrected chi connectivity index (χ2v) is 12.2. The van der Waals surface area contributed by atoms with Crippen molar-refractivity contribution in [2.24, 2.45) is 4.99 Å². The molecule has 0 saturated carbocycles. The van der Waals surface area contributed by atoms with Gasteiger partial charge < -0.3 is 5.32 Å². The van der Waals surface area contributed by atoms with E-state index in [9.17, 15) is 0 Å². The van der Waals surface area contributed by atoms with Crippen LogP contribution < -0.4 is 5.32 Å². The van der Waals surface area contributed by atoms with E-state index < -0.39 is 5.66 Å². The SMILES string of the molecule is CC1(c2ccccc2)N=C(n2c3cccc4c3c3c5c(cccc5ccc32)-c2ccccc2-4)c2ccc3ccccc3c2N1. The van der Waals surface area contributed by atoms with E-state index in [1.54, 1.807) is 0 Å². The molecule has 8 aromatic rings. The zero-order chi connectivity index (χ0) is 29.0. The molecule has 3 heteroatoms. The van der Waals surface area contributed by atoms with Crippen molar-refractivity contribution in [1.82, 2.24) is 4.57 Å². The van der Waals surface area contributed by atoms with Crippen LogP contribution in [0.5, 0.6) is 0 Å². The van der Waals surface area contributed by atoms with Gasteiger partial charge in [-0.25, -0.2) is 4.99 Å². The van der Waals surface area contributed by atoms with Gasteiger partial charge in [-0.1, -0.05) is 121 Å². The van der Waals surface area contributed by atoms with Gasteiger partial charge in [0.15, 0.2) is 5.66 Å². The Morgan fingerprint density at radius 1 is 0.500 bits per heavy atom. The molecule has 1 aliphatic heterocycles. The smallest absolute Gasteiger partial charge is 0.155 e. The van der Waals surface area contributed by atoms with Crippen molar-refractivity contribution in [3.05, 3.63) is 151 Å². The van der Waals surface area contributed by atoms with Gasteiger partial charge in [0.1, 0.15) is 5.84 Å². The van der Waals surface area contributed by atoms with Crippen molar-refractivity contribution >= 4 is 54.9 Å². The minimum absolute atomic E-state index is 0.667. The first kappa shape index (κ1) is 23.8. The highest BCUT2D eigenvalue weighted by atomic mass is 15.2. The monoisotopic (exact) mass is 561 g/mol. The predicted octanol–water partition coefficient (Wildman–Crippen LogP) is 10.3. The molecule has 1 N–H and O–H groups in total. The summed E-state index contributed by atoms with van der Waals surface area (Å²) >= 11 is 0. The van der Waals surface area contributed by atoms with E-state index in [0.717, 1.165) is 22.6 Å². The molecule has 1 atom stereocenters. The van der Waals surface area contributed by atoms with Crippen LogP contribution in [0.1, 0.15) is 18.1 Å². The van der Waals surface area contributed by atoms with E-state index in [4.69, 9.17) is 4.99 Å². The number of hydrogen-bond acceptors (Lipinski definition) is 2. The molecule has 2 aliphatic rings. The molecule has 1 unspecified atom stereocenters. The fourth-order valence-electron chi connectivity index (χ4n) is 7.76. The van der Waals surface area contributed by atoms with Gasteiger partial charge in [-0.05, 0) is 69.1 Å². The Morgan fingerprint density at radius 3 is 1.98 bits per heavy atom. The summed E-state index contributed by atoms with van der Waals surface area (Å²) in [5, 5.41) is 11.5. The van der Waals surface area contributed by atoms with E-state index >= 15 is 0 Å². The summed E-state index contributed by atoms with van der Waals surface area (Å²) in [4.78, 5) is 5.64. The summed E-state index contributed by atoms with van der Waals surface area (Å²) in [5.41, 5.74) is 10.1. The van der Waals surface area contributed by atoms with Crippen LogP contribution in [0.3, 0.4) is 0 Å². The van der Waals surface area contributed by atoms with Crippen molar-refractivity contribution < 1.29 is 0 Å². The van der Waals surface area contributed by atoms with Crippen LogP contribution >= 0.6 is 0 Å². The molecular weight excluding hydrogens is 534 g/mol. The van der Waals surface area contributed by atoms with Crippen LogP contribution in [0, 0.1) is 0 Å². The topological polar surface area (TPSA) is 29.3 Å². The highest BCUT2D eigenvalue weighted by molar-refractivity contribution is 6.33. The van der Waals surface area contributed by atoms with Crippen LogP contribution in [0.4, 0.5) is 5.69 Å². The van der Waals surface area contributed by atoms with Gasteiger partial charge in [0.05, 0.1) is 16.7 Å². The first-order valence-electron chi connectivity index (χ1n) is 15.2. The van der Waals surface area contributed by atoms with Crippen molar-refractivity contribution in [3.63, 3.8) is 0 Å². The lowest BCUT2D eigenvalue weighted by atomic mass is 9.93. The molecule has 0 fully saturated rings. The highest BCUT2D eigenvalue weighted by Crippen LogP contribution is 2.50. The number of hydrogen-bond donors (Lipinski definition) is 1. The molecule has 0 spiro atoms. The molecule has 7 aromatic carbocycles. The normalized spacial score (nSPS) is 16.7. The molecule has 1 aliphatic carbocycles. The van der Waals surface area contributed by atoms with Crippen LogP contribution in [-0.2, 0) is 5.66 Å². The second kappa shape index (κ2) is 8.46. The summed E-state index contributed by atoms with van der Waals surface area (Å²) in [6.07, 6.45) is 0. The van der Waals surface area contributed by atoms with Gasteiger partial charge in [-0.15, -0.1) is 0 Å². The lowest BCUT2D eigenvalue weighted by Crippen LogP contribution is -2.37. The lowest BCUT2D eigenvalue weighted by Gasteiger charge is -2.36. The standard InChI is InChI=1S/C41H27N3/c1-41(27-13-3-2-4-14-27)42-39-28-15-6-5-11-25(28)21-23-33(39)40(43-41)44-34-20-10-19-32-30-17-8-7-16-29(30)31-18-9-12-26-22-24-35(44)38(36(26)31)37(32)34/h2-24,42H,1H3. The number of aromatic nitrogens is 1. The molecule has 3 nitrogen and oxygen atoms in total. The number of aliphatic imine (C=N–C) groups is 1. The third-order valence-corrected chi connectivity index (χ3v) is 9.72. The Hall–Kier alpha value is -5.67. The molecule has 0 radical (unpaired) electrons. The summed E-state index contributed by atoms with van der Waals surface area (Å²) in [6, 6.07) is 50.6. The number of nitrogens with one attached hydrogen (secondary N) is 1. The van der Waals surface area contributed by atoms with Crippen molar-refractivity contribution in [1.29, 1.82) is 0 Å². The average Bonchev–Trinajstić information content (AvgIpc) is 3.36. The number of rotatable bonds is 1. The molecule has 0 amide bonds. The molecule has 0 bridgehead atoms. The number of nitrogens with zero attached hydrogens (tertiary/aromatic N) is 2. The predicted molar refractivity (Wildman–Crippen MR) is 185 cm³/mol. The average molecular weight is 562 g/mol. The second-order valence-electron chi connectivity index (χ2n) is 12.2. The van der Waals surface area contributed by atoms with E-state index in [0.29, 0.717) is 0 Å². The largest absolute Gasteiger partial charge is 0.357 e. The quantitative estimate of drug-likeness (QED) is 0.212. The Bertz CT molecular complexity index is 2540. The molecule has 1 aromatic heterocycles. The van der Waals surface area contributed by atoms with Crippen LogP contribution in [0.15, 0.2) is 145 Å². The maximum atomic E-state index is 5.64. The van der Waals surface area contributed by atoms with Crippen LogP contribution in [0.2, 0.25) is 0 Å². The summed E-state index contributed by atoms with van der Waals surface area (Å²) in [5.74, 6) is 0.957. The molecular formula is C41H27N3. The maximum absolute atomic E-state index is 5.64. The van der Waals surface area contributed by atoms with Crippen molar-refractivity contribution in [2.45, 2.75) is 12.6 Å². The van der Waals surface area contributed by atoms with Gasteiger partial charge in [-0.2, -0.15) is 0 Å². The maximum Gasteiger partial charge on any atom is 0.155 e. The third kappa shape index (κ3) is 3.03. The highest BCUT2D eigenvalue weighted by Gasteiger charge is 2.35. The Morgan fingerprint density at radius 2 is 1.14 bits per heavy atom. The van der Waals surface area contributed by atoms with Crippen molar-refractivity contribution in [3.8, 4) is 22.3 Å². The van der Waals surface area contributed by atoms with Crippen LogP contribution in [0.25, 0.3) is 65.6 Å². The number of benzene rings is 7. The Balaban J connectivity index is 1.40. The van der Waals surface area contributed by atoms with Gasteiger partial charge in [0.25, 0.3) is 0 Å². The zero-order valence-electron chi connectivity index (χ0n) is 24.2. The first-order chi connectivity index (χ1) is 21.7. The first-order valence-corrected chi connectivity index (χ1v) is 15.2. The van der Waals surface area contributed by atoms with E-state index in [2.05, 4.69) is 156 Å². The number of fused-ring (bicyclic) bond motifs is 6. The van der Waals surface area contributed by atoms with Gasteiger partial charge in [0, 0.05) is 21.7 Å². The van der Waals surface area contributed by atoms with Crippen LogP contribution in [-0.4, -0.2) is 10.4 Å². The molecule has 206 valence electrons. The lowest BCUT2D eigenvalue weighted by molar-refractivity contribution is 0.570. The van der Waals surface area contributed by atoms with E-state index in [-0.39, 0.29) is 0 Å². The van der Waals surface area contributed by atoms with Gasteiger partial charge in [0.2, 0.25) is 0 Å². The van der Waals surface area contributed by atoms with E-state index in [1.165, 1.54) is 65.6 Å². The van der Waals surface area contributed by atoms with E-state index in [1.807, 2.05) is 0 Å². The fourth-order valence-corrected chi connectivity index (χ4v) is 7.76. The zero-order valence-corrected chi connectivity index (χ0v) is 24.2. The third-order valence-electron chi connectivity index (χ3n) is 9.72. The van der Waals surface area contributed by atoms with Gasteiger partial charge >= 0.3 is 0 Å². The minimum Gasteiger partial charge on any atom is -0.357 e. The number of anilines is 1. The molecule has 10 rings (SSSR count). The van der Waals surface area contributed by atoms with Gasteiger partial charge in [-0.3, -0.25) is 4.57 Å². The summed E-state index contributed by atoms with van der Waals surface area (Å²) < 4.78 is 2.42. The van der Waals surface area contributed by atoms with Crippen molar-refractivity contribution in [2.75, 3.05) is 5.32 Å². The molecule has 44 heavy (non-hydrogen) atoms. The Kier molecular flexibility index (Phi) is 4.58. The minimum atomic E-state index is -0.667. The molecule has 0 saturated heterocycles. The summed E-state index contributed by atoms with van der Waals surface area (Å²) in [7, 11) is 0. The fraction of sp³-hybridized carbons (Fsp3) is 0.0488. The molecule has 2 heterocycles. The summed E-state index contributed by atoms with van der Waals surface area (Å²) in [6.45, 7) is 2.19. The Labute approximate surface area is 254 Å².